The molecule has 0 unspecified atom stereocenters. The van der Waals surface area contributed by atoms with E-state index in [1.807, 2.05) is 6.92 Å². The van der Waals surface area contributed by atoms with Crippen LogP contribution in [0, 0.1) is 0 Å². The summed E-state index contributed by atoms with van der Waals surface area (Å²) in [5, 5.41) is 0. The summed E-state index contributed by atoms with van der Waals surface area (Å²) in [6, 6.07) is 0. The van der Waals surface area contributed by atoms with Gasteiger partial charge in [-0.2, -0.15) is 25.3 Å². The fourth-order valence-corrected chi connectivity index (χ4v) is 55.3. The molecule has 0 aromatic carbocycles. The van der Waals surface area contributed by atoms with E-state index in [1.54, 1.807) is 6.08 Å². The first-order valence-corrected chi connectivity index (χ1v) is 39.5. The van der Waals surface area contributed by atoms with Gasteiger partial charge in [0.15, 0.2) is 0 Å². The van der Waals surface area contributed by atoms with Gasteiger partial charge in [0.2, 0.25) is 0 Å². The van der Waals surface area contributed by atoms with Crippen LogP contribution in [0.4, 0.5) is 0 Å². The molecule has 0 amide bonds. The van der Waals surface area contributed by atoms with Crippen LogP contribution in [-0.2, 0) is 0 Å². The normalized spacial score (nSPS) is 17.0. The maximum Gasteiger partial charge on any atom is 1.00 e. The predicted octanol–water partition coefficient (Wildman–Crippen LogP) is 3.62. The van der Waals surface area contributed by atoms with Crippen LogP contribution in [0.3, 0.4) is 0 Å². The minimum absolute atomic E-state index is 0. The van der Waals surface area contributed by atoms with Crippen molar-refractivity contribution in [2.75, 3.05) is 34.5 Å². The van der Waals surface area contributed by atoms with E-state index in [1.165, 1.54) is 23.0 Å². The standard InChI is InChI=1S/C3H6.3C2H6S2.4ClH.Na.H2O.2Sn/c1-3-2;3*3-1-2-4;;;;;;;;/h3H,1H2,2H3;3*3-4H,1-2H2;4*1H;;1H2;;/q;;;;;;;;+1;;2*+4/p-9. The van der Waals surface area contributed by atoms with Crippen LogP contribution in [0.2, 0.25) is 0 Å². The molecule has 1 nitrogen and oxygen atoms in total. The van der Waals surface area contributed by atoms with Gasteiger partial charge in [0.25, 0.3) is 0 Å². The molecule has 0 saturated carbocycles. The largest absolute Gasteiger partial charge is 1.00 e. The molecule has 2 heterocycles. The molecule has 0 radical (unpaired) electrons. The van der Waals surface area contributed by atoms with Crippen molar-refractivity contribution in [3.05, 3.63) is 12.7 Å². The Kier molecular flexibility index (Phi) is 37.3. The Hall–Kier alpha value is 5.56. The molecule has 2 saturated heterocycles. The molecule has 0 atom stereocenters. The van der Waals surface area contributed by atoms with Gasteiger partial charge in [-0.15, -0.1) is 6.58 Å². The topological polar surface area (TPSA) is 30.0 Å². The number of halogens is 4. The van der Waals surface area contributed by atoms with Crippen molar-refractivity contribution < 1.29 is 35.0 Å². The van der Waals surface area contributed by atoms with Crippen molar-refractivity contribution in [3.63, 3.8) is 0 Å². The molecular formula is C9H21Cl4NaOS6Sn2. The third-order valence-electron chi connectivity index (χ3n) is 1.38. The van der Waals surface area contributed by atoms with Gasteiger partial charge in [0.1, 0.15) is 0 Å². The molecule has 0 aromatic heterocycles. The SMILES string of the molecule is C1C[S][Sn]2([S]1)[S]CC[S]2.C=CC.SCCS.[Cl][Sn]([Cl])([Cl])[Cl].[Na+].[OH-]. The molecule has 2 aliphatic heterocycles. The first-order valence-electron chi connectivity index (χ1n) is 5.85. The van der Waals surface area contributed by atoms with Crippen LogP contribution >= 0.6 is 96.7 Å². The van der Waals surface area contributed by atoms with Crippen LogP contribution in [0.1, 0.15) is 6.92 Å². The maximum absolute atomic E-state index is 5.04. The van der Waals surface area contributed by atoms with Crippen molar-refractivity contribution in [2.24, 2.45) is 0 Å². The molecule has 0 aromatic rings. The van der Waals surface area contributed by atoms with E-state index >= 15 is 0 Å². The Balaban J connectivity index is -0.000000113. The zero-order chi connectivity index (χ0) is 16.8. The molecular weight excluding hydrogens is 719 g/mol. The quantitative estimate of drug-likeness (QED) is 0.244. The number of hydrogen-bond acceptors (Lipinski definition) is 7. The maximum atomic E-state index is 5.04. The molecule has 136 valence electrons. The number of thiol groups is 2. The third kappa shape index (κ3) is 29.8. The average Bonchev–Trinajstić information content (AvgIpc) is 3.02. The molecule has 0 bridgehead atoms. The van der Waals surface area contributed by atoms with Crippen LogP contribution in [0.5, 0.6) is 0 Å². The van der Waals surface area contributed by atoms with E-state index in [9.17, 15) is 0 Å². The zero-order valence-corrected chi connectivity index (χ0v) is 28.8. The summed E-state index contributed by atoms with van der Waals surface area (Å²) in [6.07, 6.45) is 1.75. The smallest absolute Gasteiger partial charge is 0.870 e. The molecule has 2 aliphatic rings. The summed E-state index contributed by atoms with van der Waals surface area (Å²) >= 11 is 2.90. The molecule has 14 heteroatoms. The van der Waals surface area contributed by atoms with Crippen LogP contribution in [0.25, 0.3) is 0 Å². The van der Waals surface area contributed by atoms with Gasteiger partial charge in [-0.1, -0.05) is 6.08 Å². The number of hydrogen-bond donors (Lipinski definition) is 2. The number of allylic oxidation sites excluding steroid dienone is 1. The summed E-state index contributed by atoms with van der Waals surface area (Å²) in [4.78, 5) is 0. The molecule has 2 fully saturated rings. The second-order valence-corrected chi connectivity index (χ2v) is 71.9. The van der Waals surface area contributed by atoms with Gasteiger partial charge in [-0.3, -0.25) is 0 Å². The monoisotopic (exact) mass is 740 g/mol. The van der Waals surface area contributed by atoms with Crippen molar-refractivity contribution in [2.45, 2.75) is 6.92 Å². The van der Waals surface area contributed by atoms with Crippen LogP contribution < -0.4 is 29.6 Å². The Morgan fingerprint density at radius 3 is 1.26 bits per heavy atom. The molecule has 2 rings (SSSR count). The van der Waals surface area contributed by atoms with E-state index in [0.717, 1.165) is 11.5 Å². The minimum Gasteiger partial charge on any atom is -0.870 e. The van der Waals surface area contributed by atoms with Gasteiger partial charge in [-0.25, -0.2) is 0 Å². The van der Waals surface area contributed by atoms with Crippen molar-refractivity contribution in [1.29, 1.82) is 0 Å². The van der Waals surface area contributed by atoms with E-state index in [0.29, 0.717) is 0 Å². The molecule has 0 aliphatic carbocycles. The fraction of sp³-hybridized carbons (Fsp3) is 0.778. The van der Waals surface area contributed by atoms with Crippen LogP contribution in [0.15, 0.2) is 12.7 Å². The van der Waals surface area contributed by atoms with E-state index in [2.05, 4.69) is 67.6 Å². The fourth-order valence-electron chi connectivity index (χ4n) is 0.917. The van der Waals surface area contributed by atoms with Gasteiger partial charge in [0, 0.05) is 0 Å². The first kappa shape index (κ1) is 36.0. The Labute approximate surface area is 208 Å². The second kappa shape index (κ2) is 23.8. The van der Waals surface area contributed by atoms with E-state index < -0.39 is 26.7 Å². The van der Waals surface area contributed by atoms with E-state index in [-0.39, 0.29) is 35.0 Å². The second-order valence-electron chi connectivity index (χ2n) is 3.18. The third-order valence-corrected chi connectivity index (χ3v) is 53.3. The van der Waals surface area contributed by atoms with Crippen molar-refractivity contribution >= 4 is 123 Å². The summed E-state index contributed by atoms with van der Waals surface area (Å²) < 4.78 is 0. The molecule has 23 heavy (non-hydrogen) atoms. The summed E-state index contributed by atoms with van der Waals surface area (Å²) in [5.74, 6) is 7.59. The Morgan fingerprint density at radius 1 is 0.957 bits per heavy atom. The van der Waals surface area contributed by atoms with Gasteiger partial charge < -0.3 is 5.48 Å². The predicted molar refractivity (Wildman–Crippen MR) is 130 cm³/mol. The van der Waals surface area contributed by atoms with Crippen molar-refractivity contribution in [3.8, 4) is 0 Å². The van der Waals surface area contributed by atoms with Gasteiger partial charge >= 0.3 is 151 Å². The summed E-state index contributed by atoms with van der Waals surface area (Å²) in [7, 11) is 29.6. The van der Waals surface area contributed by atoms with Gasteiger partial charge in [-0.05, 0) is 18.4 Å². The molecule has 1 spiro atoms. The van der Waals surface area contributed by atoms with Crippen molar-refractivity contribution in [1.82, 2.24) is 0 Å². The Morgan fingerprint density at radius 2 is 1.13 bits per heavy atom. The van der Waals surface area contributed by atoms with Crippen LogP contribution in [-0.4, -0.2) is 66.7 Å². The Bertz CT molecular complexity index is 231. The zero-order valence-electron chi connectivity index (χ0n) is 13.0. The summed E-state index contributed by atoms with van der Waals surface area (Å²) in [5.41, 5.74) is 0. The minimum atomic E-state index is -3.29. The van der Waals surface area contributed by atoms with Gasteiger partial charge in [0.05, 0.1) is 0 Å². The molecule has 1 N–H and O–H groups in total. The average molecular weight is 740 g/mol. The number of rotatable bonds is 1. The first-order chi connectivity index (χ1) is 9.74. The summed E-state index contributed by atoms with van der Waals surface area (Å²) in [6.45, 7) is 5.25. The van der Waals surface area contributed by atoms with E-state index in [4.69, 9.17) is 35.7 Å².